The van der Waals surface area contributed by atoms with Gasteiger partial charge in [0.2, 0.25) is 0 Å². The molecule has 1 atom stereocenters. The number of hydrogen-bond donors (Lipinski definition) is 3. The van der Waals surface area contributed by atoms with Crippen molar-refractivity contribution >= 4 is 23.1 Å². The van der Waals surface area contributed by atoms with E-state index in [0.29, 0.717) is 23.4 Å². The monoisotopic (exact) mass is 438 g/mol. The highest BCUT2D eigenvalue weighted by Crippen LogP contribution is 2.30. The van der Waals surface area contributed by atoms with Crippen LogP contribution in [0.15, 0.2) is 52.7 Å². The summed E-state index contributed by atoms with van der Waals surface area (Å²) in [5.41, 5.74) is 1.55. The van der Waals surface area contributed by atoms with Crippen molar-refractivity contribution < 1.29 is 14.7 Å². The first-order valence-electron chi connectivity index (χ1n) is 10.7. The quantitative estimate of drug-likeness (QED) is 0.524. The number of Topliss-reactive ketones (excluding diaryl/α,β-unsaturated/α-hetero) is 1. The van der Waals surface area contributed by atoms with Crippen molar-refractivity contribution in [2.45, 2.75) is 59.5 Å². The second kappa shape index (κ2) is 10.0. The lowest BCUT2D eigenvalue weighted by Crippen LogP contribution is -2.51. The van der Waals surface area contributed by atoms with Crippen LogP contribution in [0.4, 0.5) is 11.4 Å². The normalized spacial score (nSPS) is 13.2. The number of azo groups is 1. The van der Waals surface area contributed by atoms with Crippen molar-refractivity contribution in [3.63, 3.8) is 0 Å². The number of phenols is 1. The number of ketones is 1. The van der Waals surface area contributed by atoms with Gasteiger partial charge in [-0.25, -0.2) is 0 Å². The molecule has 32 heavy (non-hydrogen) atoms. The lowest BCUT2D eigenvalue weighted by Gasteiger charge is -2.32. The number of aromatic hydroxyl groups is 1. The fourth-order valence-corrected chi connectivity index (χ4v) is 3.20. The maximum absolute atomic E-state index is 13.0. The summed E-state index contributed by atoms with van der Waals surface area (Å²) in [6.45, 7) is 11.8. The highest BCUT2D eigenvalue weighted by molar-refractivity contribution is 5.94. The van der Waals surface area contributed by atoms with Crippen LogP contribution in [-0.4, -0.2) is 35.4 Å². The summed E-state index contributed by atoms with van der Waals surface area (Å²) in [5, 5.41) is 24.6. The second-order valence-corrected chi connectivity index (χ2v) is 9.91. The van der Waals surface area contributed by atoms with Crippen LogP contribution < -0.4 is 10.6 Å². The molecule has 2 aromatic rings. The lowest BCUT2D eigenvalue weighted by atomic mass is 9.83. The number of carbonyl (C=O) groups excluding carboxylic acids is 2. The molecule has 7 heteroatoms. The number of nitrogens with one attached hydrogen (secondary N) is 2. The maximum atomic E-state index is 13.0. The largest absolute Gasteiger partial charge is 0.506 e. The summed E-state index contributed by atoms with van der Waals surface area (Å²) in [7, 11) is 1.57. The predicted molar refractivity (Wildman–Crippen MR) is 127 cm³/mol. The highest BCUT2D eigenvalue weighted by Gasteiger charge is 2.32. The van der Waals surface area contributed by atoms with E-state index in [1.54, 1.807) is 49.5 Å². The summed E-state index contributed by atoms with van der Waals surface area (Å²) in [4.78, 5) is 24.7. The number of amides is 1. The maximum Gasteiger partial charge on any atom is 0.251 e. The molecular weight excluding hydrogens is 404 g/mol. The molecule has 2 rings (SSSR count). The minimum atomic E-state index is -0.483. The molecule has 0 heterocycles. The van der Waals surface area contributed by atoms with Crippen LogP contribution in [-0.2, 0) is 11.2 Å². The number of hydrogen-bond acceptors (Lipinski definition) is 6. The van der Waals surface area contributed by atoms with Crippen molar-refractivity contribution in [3.05, 3.63) is 53.6 Å². The van der Waals surface area contributed by atoms with E-state index >= 15 is 0 Å². The third kappa shape index (κ3) is 7.27. The van der Waals surface area contributed by atoms with Crippen molar-refractivity contribution in [1.82, 2.24) is 10.6 Å². The van der Waals surface area contributed by atoms with Gasteiger partial charge >= 0.3 is 0 Å². The van der Waals surface area contributed by atoms with E-state index in [2.05, 4.69) is 20.9 Å². The SMILES string of the molecule is CNC(=O)c1ccc(N=Nc2cc(CC(NC(C)(C)C)C(=O)C(C)(C)C)ccc2O)cc1. The molecule has 0 bridgehead atoms. The Hall–Kier alpha value is -3.06. The van der Waals surface area contributed by atoms with Crippen LogP contribution in [0.5, 0.6) is 5.75 Å². The first-order valence-corrected chi connectivity index (χ1v) is 10.7. The van der Waals surface area contributed by atoms with E-state index in [0.717, 1.165) is 5.56 Å². The molecule has 3 N–H and O–H groups in total. The molecule has 7 nitrogen and oxygen atoms in total. The molecular formula is C25H34N4O3. The Morgan fingerprint density at radius 2 is 1.59 bits per heavy atom. The Bertz CT molecular complexity index is 984. The average molecular weight is 439 g/mol. The molecule has 1 amide bonds. The zero-order valence-electron chi connectivity index (χ0n) is 20.0. The van der Waals surface area contributed by atoms with Gasteiger partial charge < -0.3 is 15.7 Å². The minimum absolute atomic E-state index is 0.00181. The van der Waals surface area contributed by atoms with E-state index in [4.69, 9.17) is 0 Å². The standard InChI is InChI=1S/C25H34N4O3/c1-24(2,3)22(31)20(27-25(4,5)6)15-16-8-13-21(30)19(14-16)29-28-18-11-9-17(10-12-18)23(32)26-7/h8-14,20,27,30H,15H2,1-7H3,(H,26,32). The predicted octanol–water partition coefficient (Wildman–Crippen LogP) is 5.08. The first kappa shape index (κ1) is 25.2. The highest BCUT2D eigenvalue weighted by atomic mass is 16.3. The minimum Gasteiger partial charge on any atom is -0.506 e. The number of carbonyl (C=O) groups is 2. The molecule has 0 fully saturated rings. The summed E-state index contributed by atoms with van der Waals surface area (Å²) in [6.07, 6.45) is 0.469. The van der Waals surface area contributed by atoms with E-state index in [1.807, 2.05) is 41.5 Å². The third-order valence-electron chi connectivity index (χ3n) is 4.77. The Morgan fingerprint density at radius 3 is 2.12 bits per heavy atom. The molecule has 0 aliphatic heterocycles. The Labute approximate surface area is 190 Å². The number of benzene rings is 2. The average Bonchev–Trinajstić information content (AvgIpc) is 2.71. The Kier molecular flexibility index (Phi) is 7.91. The van der Waals surface area contributed by atoms with Crippen LogP contribution in [0.2, 0.25) is 0 Å². The molecule has 1 unspecified atom stereocenters. The van der Waals surface area contributed by atoms with Gasteiger partial charge in [-0.05, 0) is 69.2 Å². The zero-order valence-corrected chi connectivity index (χ0v) is 20.0. The first-order chi connectivity index (χ1) is 14.8. The van der Waals surface area contributed by atoms with Gasteiger partial charge in [-0.1, -0.05) is 26.8 Å². The van der Waals surface area contributed by atoms with Gasteiger partial charge in [0, 0.05) is 23.6 Å². The zero-order chi connectivity index (χ0) is 24.1. The van der Waals surface area contributed by atoms with Gasteiger partial charge in [-0.2, -0.15) is 5.11 Å². The van der Waals surface area contributed by atoms with Crippen molar-refractivity contribution in [2.75, 3.05) is 7.05 Å². The van der Waals surface area contributed by atoms with Crippen LogP contribution in [0.25, 0.3) is 0 Å². The number of phenolic OH excluding ortho intramolecular Hbond substituents is 1. The van der Waals surface area contributed by atoms with E-state index < -0.39 is 5.41 Å². The van der Waals surface area contributed by atoms with Gasteiger partial charge in [0.15, 0.2) is 5.78 Å². The molecule has 0 saturated carbocycles. The van der Waals surface area contributed by atoms with Gasteiger partial charge in [0.25, 0.3) is 5.91 Å². The van der Waals surface area contributed by atoms with E-state index in [-0.39, 0.29) is 29.0 Å². The van der Waals surface area contributed by atoms with Crippen LogP contribution >= 0.6 is 0 Å². The summed E-state index contributed by atoms with van der Waals surface area (Å²) >= 11 is 0. The van der Waals surface area contributed by atoms with Crippen molar-refractivity contribution in [3.8, 4) is 5.75 Å². The summed E-state index contributed by atoms with van der Waals surface area (Å²) < 4.78 is 0. The molecule has 0 aliphatic rings. The molecule has 0 aromatic heterocycles. The van der Waals surface area contributed by atoms with Crippen molar-refractivity contribution in [2.24, 2.45) is 15.6 Å². The van der Waals surface area contributed by atoms with Gasteiger partial charge in [-0.15, -0.1) is 5.11 Å². The summed E-state index contributed by atoms with van der Waals surface area (Å²) in [6, 6.07) is 11.4. The second-order valence-electron chi connectivity index (χ2n) is 9.91. The van der Waals surface area contributed by atoms with Gasteiger partial charge in [0.1, 0.15) is 11.4 Å². The Balaban J connectivity index is 2.25. The molecule has 0 saturated heterocycles. The molecule has 0 radical (unpaired) electrons. The summed E-state index contributed by atoms with van der Waals surface area (Å²) in [5.74, 6) is -0.0519. The van der Waals surface area contributed by atoms with E-state index in [9.17, 15) is 14.7 Å². The van der Waals surface area contributed by atoms with Gasteiger partial charge in [-0.3, -0.25) is 9.59 Å². The number of rotatable bonds is 7. The topological polar surface area (TPSA) is 103 Å². The van der Waals surface area contributed by atoms with Crippen molar-refractivity contribution in [1.29, 1.82) is 0 Å². The van der Waals surface area contributed by atoms with E-state index in [1.165, 1.54) is 0 Å². The molecule has 172 valence electrons. The number of nitrogens with zero attached hydrogens (tertiary/aromatic N) is 2. The van der Waals surface area contributed by atoms with Gasteiger partial charge in [0.05, 0.1) is 11.7 Å². The third-order valence-corrected chi connectivity index (χ3v) is 4.77. The van der Waals surface area contributed by atoms with Crippen LogP contribution in [0.1, 0.15) is 57.5 Å². The molecule has 0 spiro atoms. The van der Waals surface area contributed by atoms with Crippen LogP contribution in [0.3, 0.4) is 0 Å². The molecule has 2 aromatic carbocycles. The fraction of sp³-hybridized carbons (Fsp3) is 0.440. The lowest BCUT2D eigenvalue weighted by molar-refractivity contribution is -0.128. The Morgan fingerprint density at radius 1 is 0.969 bits per heavy atom. The smallest absolute Gasteiger partial charge is 0.251 e. The fourth-order valence-electron chi connectivity index (χ4n) is 3.20. The molecule has 0 aliphatic carbocycles. The van der Waals surface area contributed by atoms with Crippen LogP contribution in [0, 0.1) is 5.41 Å².